The van der Waals surface area contributed by atoms with Crippen molar-refractivity contribution in [1.82, 2.24) is 0 Å². The summed E-state index contributed by atoms with van der Waals surface area (Å²) in [7, 11) is 0. The van der Waals surface area contributed by atoms with E-state index in [0.29, 0.717) is 6.54 Å². The van der Waals surface area contributed by atoms with Crippen molar-refractivity contribution in [3.63, 3.8) is 0 Å². The lowest BCUT2D eigenvalue weighted by molar-refractivity contribution is -0.137. The fourth-order valence-corrected chi connectivity index (χ4v) is 3.87. The molecule has 4 nitrogen and oxygen atoms in total. The van der Waals surface area contributed by atoms with Crippen LogP contribution in [0, 0.1) is 17.2 Å². The van der Waals surface area contributed by atoms with Crippen molar-refractivity contribution in [3.8, 4) is 6.07 Å². The number of anilines is 2. The van der Waals surface area contributed by atoms with Gasteiger partial charge in [0.05, 0.1) is 23.1 Å². The summed E-state index contributed by atoms with van der Waals surface area (Å²) in [5.41, 5.74) is 0.786. The van der Waals surface area contributed by atoms with Gasteiger partial charge in [0.2, 0.25) is 5.91 Å². The molecule has 0 saturated carbocycles. The number of carbonyl (C=O) groups is 1. The van der Waals surface area contributed by atoms with Crippen LogP contribution in [0.15, 0.2) is 40.9 Å². The number of nitriles is 1. The lowest BCUT2D eigenvalue weighted by atomic mass is 10.00. The van der Waals surface area contributed by atoms with Crippen molar-refractivity contribution in [2.45, 2.75) is 25.9 Å². The van der Waals surface area contributed by atoms with Gasteiger partial charge >= 0.3 is 6.18 Å². The summed E-state index contributed by atoms with van der Waals surface area (Å²) in [6.07, 6.45) is -2.72. The van der Waals surface area contributed by atoms with Crippen molar-refractivity contribution < 1.29 is 18.0 Å². The molecule has 0 fully saturated rings. The van der Waals surface area contributed by atoms with E-state index in [1.165, 1.54) is 17.7 Å². The lowest BCUT2D eigenvalue weighted by Gasteiger charge is -2.33. The molecule has 1 atom stereocenters. The predicted molar refractivity (Wildman–Crippen MR) is 109 cm³/mol. The molecule has 0 bridgehead atoms. The SMILES string of the molecule is C[C@H](CN1CCCc2cc(Br)ccc21)C(=O)Nc1ccc(C#N)c(C(F)(F)F)c1. The van der Waals surface area contributed by atoms with Crippen LogP contribution in [0.5, 0.6) is 0 Å². The Kier molecular flexibility index (Phi) is 6.18. The monoisotopic (exact) mass is 465 g/mol. The normalized spacial score (nSPS) is 14.7. The molecular weight excluding hydrogens is 447 g/mol. The van der Waals surface area contributed by atoms with Crippen molar-refractivity contribution >= 4 is 33.2 Å². The van der Waals surface area contributed by atoms with E-state index in [2.05, 4.69) is 32.2 Å². The van der Waals surface area contributed by atoms with Gasteiger partial charge in [-0.25, -0.2) is 0 Å². The number of benzene rings is 2. The zero-order chi connectivity index (χ0) is 21.2. The Hall–Kier alpha value is -2.53. The number of fused-ring (bicyclic) bond motifs is 1. The molecule has 0 aliphatic carbocycles. The third-order valence-electron chi connectivity index (χ3n) is 4.91. The Morgan fingerprint density at radius 1 is 1.31 bits per heavy atom. The Labute approximate surface area is 175 Å². The van der Waals surface area contributed by atoms with Crippen LogP contribution in [0.1, 0.15) is 30.0 Å². The molecule has 1 N–H and O–H groups in total. The van der Waals surface area contributed by atoms with Gasteiger partial charge in [0.25, 0.3) is 0 Å². The van der Waals surface area contributed by atoms with E-state index >= 15 is 0 Å². The Morgan fingerprint density at radius 3 is 2.76 bits per heavy atom. The maximum Gasteiger partial charge on any atom is 0.417 e. The summed E-state index contributed by atoms with van der Waals surface area (Å²) >= 11 is 3.47. The molecule has 152 valence electrons. The molecule has 0 radical (unpaired) electrons. The van der Waals surface area contributed by atoms with Crippen LogP contribution in [-0.4, -0.2) is 19.0 Å². The molecule has 1 heterocycles. The summed E-state index contributed by atoms with van der Waals surface area (Å²) < 4.78 is 40.4. The topological polar surface area (TPSA) is 56.1 Å². The van der Waals surface area contributed by atoms with Crippen LogP contribution in [0.25, 0.3) is 0 Å². The first-order valence-corrected chi connectivity index (χ1v) is 9.94. The number of nitrogens with zero attached hydrogens (tertiary/aromatic N) is 2. The van der Waals surface area contributed by atoms with Gasteiger partial charge in [-0.1, -0.05) is 22.9 Å². The van der Waals surface area contributed by atoms with E-state index in [9.17, 15) is 18.0 Å². The number of aryl methyl sites for hydroxylation is 1. The quantitative estimate of drug-likeness (QED) is 0.660. The largest absolute Gasteiger partial charge is 0.417 e. The zero-order valence-electron chi connectivity index (χ0n) is 15.7. The maximum atomic E-state index is 13.1. The first kappa shape index (κ1) is 21.2. The summed E-state index contributed by atoms with van der Waals surface area (Å²) in [5.74, 6) is -0.804. The van der Waals surface area contributed by atoms with Gasteiger partial charge in [0.15, 0.2) is 0 Å². The minimum Gasteiger partial charge on any atom is -0.371 e. The van der Waals surface area contributed by atoms with Crippen molar-refractivity contribution in [2.75, 3.05) is 23.3 Å². The second-order valence-corrected chi connectivity index (χ2v) is 8.00. The number of hydrogen-bond acceptors (Lipinski definition) is 3. The van der Waals surface area contributed by atoms with Crippen LogP contribution >= 0.6 is 15.9 Å². The Balaban J connectivity index is 1.72. The van der Waals surface area contributed by atoms with E-state index in [0.717, 1.165) is 41.7 Å². The second kappa shape index (κ2) is 8.46. The molecule has 8 heteroatoms. The Morgan fingerprint density at radius 2 is 2.07 bits per heavy atom. The standard InChI is InChI=1S/C21H19BrF3N3O/c1-13(12-28-8-2-3-14-9-16(22)5-7-19(14)28)20(29)27-17-6-4-15(11-26)18(10-17)21(23,24)25/h4-7,9-10,13H,2-3,8,12H2,1H3,(H,27,29)/t13-/m1/s1. The minimum atomic E-state index is -4.66. The molecule has 2 aromatic carbocycles. The van der Waals surface area contributed by atoms with Gasteiger partial charge in [0.1, 0.15) is 0 Å². The molecule has 29 heavy (non-hydrogen) atoms. The third-order valence-corrected chi connectivity index (χ3v) is 5.40. The first-order chi connectivity index (χ1) is 13.7. The molecular formula is C21H19BrF3N3O. The third kappa shape index (κ3) is 4.91. The number of amides is 1. The van der Waals surface area contributed by atoms with E-state index in [1.54, 1.807) is 6.92 Å². The van der Waals surface area contributed by atoms with Crippen LogP contribution in [0.4, 0.5) is 24.5 Å². The number of nitrogens with one attached hydrogen (secondary N) is 1. The molecule has 0 aromatic heterocycles. The molecule has 0 saturated heterocycles. The first-order valence-electron chi connectivity index (χ1n) is 9.14. The highest BCUT2D eigenvalue weighted by Gasteiger charge is 2.34. The average Bonchev–Trinajstić information content (AvgIpc) is 2.67. The Bertz CT molecular complexity index is 969. The van der Waals surface area contributed by atoms with Gasteiger partial charge in [-0.15, -0.1) is 0 Å². The highest BCUT2D eigenvalue weighted by atomic mass is 79.9. The summed E-state index contributed by atoms with van der Waals surface area (Å²) in [6, 6.07) is 10.8. The molecule has 1 aliphatic rings. The van der Waals surface area contributed by atoms with E-state index in [4.69, 9.17) is 5.26 Å². The van der Waals surface area contributed by atoms with Crippen LogP contribution in [0.2, 0.25) is 0 Å². The number of carbonyl (C=O) groups excluding carboxylic acids is 1. The summed E-state index contributed by atoms with van der Waals surface area (Å²) in [4.78, 5) is 14.7. The van der Waals surface area contributed by atoms with Gasteiger partial charge in [-0.3, -0.25) is 4.79 Å². The van der Waals surface area contributed by atoms with Gasteiger partial charge in [0, 0.05) is 28.9 Å². The molecule has 2 aromatic rings. The van der Waals surface area contributed by atoms with Crippen LogP contribution in [0.3, 0.4) is 0 Å². The molecule has 0 unspecified atom stereocenters. The van der Waals surface area contributed by atoms with Crippen molar-refractivity contribution in [1.29, 1.82) is 5.26 Å². The van der Waals surface area contributed by atoms with Crippen LogP contribution < -0.4 is 10.2 Å². The summed E-state index contributed by atoms with van der Waals surface area (Å²) in [6.45, 7) is 3.03. The molecule has 1 aliphatic heterocycles. The predicted octanol–water partition coefficient (Wildman–Crippen LogP) is 5.37. The fraction of sp³-hybridized carbons (Fsp3) is 0.333. The van der Waals surface area contributed by atoms with Gasteiger partial charge in [-0.05, 0) is 54.8 Å². The van der Waals surface area contributed by atoms with E-state index in [1.807, 2.05) is 12.1 Å². The smallest absolute Gasteiger partial charge is 0.371 e. The van der Waals surface area contributed by atoms with Gasteiger partial charge in [-0.2, -0.15) is 18.4 Å². The number of hydrogen-bond donors (Lipinski definition) is 1. The van der Waals surface area contributed by atoms with Gasteiger partial charge < -0.3 is 10.2 Å². The zero-order valence-corrected chi connectivity index (χ0v) is 17.3. The molecule has 1 amide bonds. The highest BCUT2D eigenvalue weighted by Crippen LogP contribution is 2.34. The second-order valence-electron chi connectivity index (χ2n) is 7.08. The highest BCUT2D eigenvalue weighted by molar-refractivity contribution is 9.10. The van der Waals surface area contributed by atoms with E-state index in [-0.39, 0.29) is 11.6 Å². The molecule has 3 rings (SSSR count). The van der Waals surface area contributed by atoms with Crippen molar-refractivity contribution in [2.24, 2.45) is 5.92 Å². The molecule has 0 spiro atoms. The lowest BCUT2D eigenvalue weighted by Crippen LogP contribution is -2.37. The maximum absolute atomic E-state index is 13.1. The number of alkyl halides is 3. The fourth-order valence-electron chi connectivity index (χ4n) is 3.47. The number of rotatable bonds is 4. The average molecular weight is 466 g/mol. The van der Waals surface area contributed by atoms with E-state index < -0.39 is 23.2 Å². The number of halogens is 4. The van der Waals surface area contributed by atoms with Crippen molar-refractivity contribution in [3.05, 3.63) is 57.6 Å². The van der Waals surface area contributed by atoms with Crippen LogP contribution in [-0.2, 0) is 17.4 Å². The minimum absolute atomic E-state index is 0.0242. The summed E-state index contributed by atoms with van der Waals surface area (Å²) in [5, 5.41) is 11.4.